The summed E-state index contributed by atoms with van der Waals surface area (Å²) >= 11 is 1.27. The number of aromatic nitrogens is 1. The van der Waals surface area contributed by atoms with Gasteiger partial charge in [0, 0.05) is 6.20 Å². The lowest BCUT2D eigenvalue weighted by Crippen LogP contribution is -1.90. The van der Waals surface area contributed by atoms with Crippen LogP contribution in [0.2, 0.25) is 0 Å². The van der Waals surface area contributed by atoms with Crippen LogP contribution in [0.1, 0.15) is 0 Å². The third-order valence-corrected chi connectivity index (χ3v) is 1.21. The van der Waals surface area contributed by atoms with Crippen LogP contribution in [-0.2, 0) is 4.79 Å². The van der Waals surface area contributed by atoms with Gasteiger partial charge in [0.2, 0.25) is 6.41 Å². The van der Waals surface area contributed by atoms with E-state index in [2.05, 4.69) is 15.7 Å². The van der Waals surface area contributed by atoms with Crippen LogP contribution in [0.3, 0.4) is 0 Å². The highest BCUT2D eigenvalue weighted by Gasteiger charge is 1.87. The molecule has 1 heterocycles. The van der Waals surface area contributed by atoms with E-state index in [1.54, 1.807) is 0 Å². The Bertz CT molecular complexity index is 161. The van der Waals surface area contributed by atoms with Crippen LogP contribution >= 0.6 is 11.3 Å². The maximum absolute atomic E-state index is 9.71. The Morgan fingerprint density at radius 2 is 2.88 bits per heavy atom. The molecule has 1 aromatic heterocycles. The molecule has 41 valence electrons. The van der Waals surface area contributed by atoms with Crippen molar-refractivity contribution < 1.29 is 4.79 Å². The highest BCUT2D eigenvalue weighted by molar-refractivity contribution is 7.13. The summed E-state index contributed by atoms with van der Waals surface area (Å²) < 4.78 is 0. The van der Waals surface area contributed by atoms with Gasteiger partial charge in [-0.05, 0) is 0 Å². The Labute approximate surface area is 50.4 Å². The highest BCUT2D eigenvalue weighted by Crippen LogP contribution is 2.06. The predicted molar refractivity (Wildman–Crippen MR) is 30.6 cm³/mol. The van der Waals surface area contributed by atoms with Gasteiger partial charge in [-0.3, -0.25) is 4.79 Å². The molecule has 4 heteroatoms. The largest absolute Gasteiger partial charge is 0.305 e. The van der Waals surface area contributed by atoms with E-state index in [4.69, 9.17) is 0 Å². The second kappa shape index (κ2) is 2.42. The van der Waals surface area contributed by atoms with E-state index in [0.29, 0.717) is 11.5 Å². The first-order chi connectivity index (χ1) is 3.93. The molecule has 0 saturated carbocycles. The van der Waals surface area contributed by atoms with Gasteiger partial charge in [0.05, 0.1) is 5.38 Å². The monoisotopic (exact) mass is 127 g/mol. The van der Waals surface area contributed by atoms with Gasteiger partial charge < -0.3 is 5.32 Å². The molecule has 3 nitrogen and oxygen atoms in total. The molecular weight excluding hydrogens is 124 g/mol. The predicted octanol–water partition coefficient (Wildman–Crippen LogP) is 0.512. The molecule has 0 saturated heterocycles. The third kappa shape index (κ3) is 1.04. The molecule has 1 N–H and O–H groups in total. The van der Waals surface area contributed by atoms with Gasteiger partial charge >= 0.3 is 0 Å². The zero-order valence-corrected chi connectivity index (χ0v) is 4.73. The fourth-order valence-corrected chi connectivity index (χ4v) is 0.740. The van der Waals surface area contributed by atoms with Crippen LogP contribution in [0.5, 0.6) is 0 Å². The first kappa shape index (κ1) is 5.24. The van der Waals surface area contributed by atoms with Gasteiger partial charge in [-0.25, -0.2) is 4.98 Å². The lowest BCUT2D eigenvalue weighted by molar-refractivity contribution is -0.105. The van der Waals surface area contributed by atoms with Gasteiger partial charge in [0.15, 0.2) is 5.13 Å². The van der Waals surface area contributed by atoms with Gasteiger partial charge in [-0.1, -0.05) is 11.3 Å². The van der Waals surface area contributed by atoms with Crippen molar-refractivity contribution in [3.05, 3.63) is 11.6 Å². The minimum Gasteiger partial charge on any atom is -0.305 e. The molecule has 0 fully saturated rings. The average Bonchev–Trinajstić information content (AvgIpc) is 2.19. The van der Waals surface area contributed by atoms with Crippen LogP contribution < -0.4 is 5.32 Å². The maximum atomic E-state index is 9.71. The summed E-state index contributed by atoms with van der Waals surface area (Å²) in [4.78, 5) is 13.4. The van der Waals surface area contributed by atoms with Gasteiger partial charge in [0.1, 0.15) is 0 Å². The van der Waals surface area contributed by atoms with E-state index in [9.17, 15) is 4.79 Å². The molecule has 1 amide bonds. The van der Waals surface area contributed by atoms with Crippen molar-refractivity contribution >= 4 is 22.9 Å². The Hall–Kier alpha value is -0.900. The first-order valence-electron chi connectivity index (χ1n) is 1.95. The van der Waals surface area contributed by atoms with Crippen molar-refractivity contribution in [2.45, 2.75) is 0 Å². The summed E-state index contributed by atoms with van der Waals surface area (Å²) in [6, 6.07) is 0. The van der Waals surface area contributed by atoms with Crippen LogP contribution in [0.25, 0.3) is 0 Å². The van der Waals surface area contributed by atoms with E-state index in [-0.39, 0.29) is 0 Å². The highest BCUT2D eigenvalue weighted by atomic mass is 32.1. The zero-order chi connectivity index (χ0) is 5.82. The topological polar surface area (TPSA) is 42.0 Å². The molecule has 0 atom stereocenters. The molecule has 0 aromatic carbocycles. The summed E-state index contributed by atoms with van der Waals surface area (Å²) in [6.45, 7) is 0. The molecule has 1 aromatic rings. The molecule has 0 aliphatic rings. The number of carbonyl (C=O) groups excluding carboxylic acids is 1. The second-order valence-corrected chi connectivity index (χ2v) is 1.87. The number of anilines is 1. The molecule has 0 bridgehead atoms. The Morgan fingerprint density at radius 1 is 2.00 bits per heavy atom. The number of nitrogens with one attached hydrogen (secondary N) is 1. The smallest absolute Gasteiger partial charge is 0.213 e. The Kier molecular flexibility index (Phi) is 1.58. The van der Waals surface area contributed by atoms with Crippen molar-refractivity contribution in [2.24, 2.45) is 0 Å². The van der Waals surface area contributed by atoms with E-state index in [0.717, 1.165) is 0 Å². The number of thiazole rings is 1. The number of amides is 1. The number of hydrogen-bond acceptors (Lipinski definition) is 3. The standard InChI is InChI=1S/C4H3N2OS/c7-3-6-4-5-1-2-8-4/h1,3H,(H,5,6,7). The molecule has 0 aliphatic carbocycles. The normalized spacial score (nSPS) is 8.50. The van der Waals surface area contributed by atoms with Crippen molar-refractivity contribution in [1.29, 1.82) is 0 Å². The molecule has 1 radical (unpaired) electrons. The van der Waals surface area contributed by atoms with Gasteiger partial charge in [0.25, 0.3) is 0 Å². The summed E-state index contributed by atoms with van der Waals surface area (Å²) in [5.41, 5.74) is 0. The van der Waals surface area contributed by atoms with Crippen LogP contribution in [0.15, 0.2) is 6.20 Å². The molecule has 0 spiro atoms. The van der Waals surface area contributed by atoms with Gasteiger partial charge in [-0.2, -0.15) is 0 Å². The summed E-state index contributed by atoms with van der Waals surface area (Å²) in [5.74, 6) is 0. The fourth-order valence-electron chi connectivity index (χ4n) is 0.311. The molecule has 0 aliphatic heterocycles. The van der Waals surface area contributed by atoms with Gasteiger partial charge in [-0.15, -0.1) is 0 Å². The first-order valence-corrected chi connectivity index (χ1v) is 2.77. The molecular formula is C4H3N2OS. The van der Waals surface area contributed by atoms with Crippen LogP contribution in [0.4, 0.5) is 5.13 Å². The fraction of sp³-hybridized carbons (Fsp3) is 0. The lowest BCUT2D eigenvalue weighted by Gasteiger charge is -1.82. The van der Waals surface area contributed by atoms with Crippen LogP contribution in [-0.4, -0.2) is 11.4 Å². The van der Waals surface area contributed by atoms with Crippen LogP contribution in [0, 0.1) is 5.38 Å². The number of hydrogen-bond donors (Lipinski definition) is 1. The minimum atomic E-state index is 0.583. The Morgan fingerprint density at radius 3 is 3.38 bits per heavy atom. The summed E-state index contributed by atoms with van der Waals surface area (Å²) in [7, 11) is 0. The van der Waals surface area contributed by atoms with Crippen molar-refractivity contribution in [2.75, 3.05) is 5.32 Å². The van der Waals surface area contributed by atoms with E-state index in [1.807, 2.05) is 0 Å². The van der Waals surface area contributed by atoms with Crippen molar-refractivity contribution in [3.63, 3.8) is 0 Å². The lowest BCUT2D eigenvalue weighted by atomic mass is 11.0. The van der Waals surface area contributed by atoms with E-state index in [1.165, 1.54) is 17.5 Å². The SMILES string of the molecule is O=CNc1nc[c]s1. The molecule has 0 unspecified atom stereocenters. The Balaban J connectivity index is 2.62. The second-order valence-electron chi connectivity index (χ2n) is 1.05. The third-order valence-electron chi connectivity index (χ3n) is 0.573. The number of carbonyl (C=O) groups is 1. The number of rotatable bonds is 2. The average molecular weight is 127 g/mol. The number of nitrogens with zero attached hydrogens (tertiary/aromatic N) is 1. The van der Waals surface area contributed by atoms with Crippen molar-refractivity contribution in [3.8, 4) is 0 Å². The van der Waals surface area contributed by atoms with E-state index < -0.39 is 0 Å². The summed E-state index contributed by atoms with van der Waals surface area (Å²) in [5, 5.41) is 5.69. The minimum absolute atomic E-state index is 0.583. The quantitative estimate of drug-likeness (QED) is 0.588. The molecule has 1 rings (SSSR count). The van der Waals surface area contributed by atoms with E-state index >= 15 is 0 Å². The summed E-state index contributed by atoms with van der Waals surface area (Å²) in [6.07, 6.45) is 2.10. The zero-order valence-electron chi connectivity index (χ0n) is 3.92. The molecule has 8 heavy (non-hydrogen) atoms. The van der Waals surface area contributed by atoms with Crippen molar-refractivity contribution in [1.82, 2.24) is 4.98 Å². The maximum Gasteiger partial charge on any atom is 0.213 e.